The first-order valence-electron chi connectivity index (χ1n) is 19.4. The Labute approximate surface area is 338 Å². The molecule has 0 spiro atoms. The summed E-state index contributed by atoms with van der Waals surface area (Å²) in [6, 6.07) is 51.0. The quantitative estimate of drug-likeness (QED) is 0.0869. The van der Waals surface area contributed by atoms with E-state index in [1.807, 2.05) is 80.6 Å². The molecule has 5 aromatic carbocycles. The summed E-state index contributed by atoms with van der Waals surface area (Å²) in [5.41, 5.74) is 2.08. The molecule has 9 heteroatoms. The first-order valence-corrected chi connectivity index (χ1v) is 21.7. The number of hydrogen-bond donors (Lipinski definition) is 0. The van der Waals surface area contributed by atoms with Crippen LogP contribution >= 0.6 is 12.2 Å². The number of thiocarbonyl (C=S) groups is 1. The number of para-hydroxylation sites is 1. The van der Waals surface area contributed by atoms with Gasteiger partial charge in [0.1, 0.15) is 30.2 Å². The van der Waals surface area contributed by atoms with Crippen molar-refractivity contribution in [2.75, 3.05) is 6.61 Å². The smallest absolute Gasteiger partial charge is 0.358 e. The molecule has 0 aromatic heterocycles. The average Bonchev–Trinajstić information content (AvgIpc) is 3.53. The minimum Gasteiger partial charge on any atom is -0.450 e. The number of fused-ring (bicyclic) bond motifs is 1. The minimum absolute atomic E-state index is 0.0193. The van der Waals surface area contributed by atoms with Gasteiger partial charge in [0.25, 0.3) is 8.32 Å². The van der Waals surface area contributed by atoms with Crippen LogP contribution in [-0.2, 0) is 41.3 Å². The largest absolute Gasteiger partial charge is 0.450 e. The van der Waals surface area contributed by atoms with E-state index < -0.39 is 50.5 Å². The second-order valence-corrected chi connectivity index (χ2v) is 20.6. The molecule has 56 heavy (non-hydrogen) atoms. The summed E-state index contributed by atoms with van der Waals surface area (Å²) in [6.07, 6.45) is -2.95. The van der Waals surface area contributed by atoms with Gasteiger partial charge in [-0.3, -0.25) is 0 Å². The second-order valence-electron chi connectivity index (χ2n) is 16.0. The molecule has 2 aliphatic rings. The monoisotopic (exact) mass is 788 g/mol. The first-order chi connectivity index (χ1) is 27.0. The highest BCUT2D eigenvalue weighted by molar-refractivity contribution is 7.79. The number of hydrogen-bond acceptors (Lipinski definition) is 8. The van der Waals surface area contributed by atoms with Gasteiger partial charge in [0, 0.05) is 24.7 Å². The predicted octanol–water partition coefficient (Wildman–Crippen LogP) is 8.63. The average molecular weight is 789 g/mol. The Morgan fingerprint density at radius 1 is 0.607 bits per heavy atom. The molecular weight excluding hydrogens is 737 g/mol. The fourth-order valence-corrected chi connectivity index (χ4v) is 13.0. The zero-order valence-corrected chi connectivity index (χ0v) is 34.6. The molecule has 0 N–H and O–H groups in total. The fraction of sp³-hybridized carbons (Fsp3) is 0.340. The molecule has 1 aliphatic carbocycles. The Bertz CT molecular complexity index is 1940. The van der Waals surface area contributed by atoms with Crippen LogP contribution in [-0.4, -0.2) is 56.5 Å². The van der Waals surface area contributed by atoms with Crippen LogP contribution in [0, 0.1) is 5.92 Å². The highest BCUT2D eigenvalue weighted by atomic mass is 32.1. The molecule has 1 saturated carbocycles. The molecule has 0 amide bonds. The normalized spacial score (nSPS) is 23.2. The highest BCUT2D eigenvalue weighted by Crippen LogP contribution is 2.45. The van der Waals surface area contributed by atoms with Crippen molar-refractivity contribution in [3.8, 4) is 5.75 Å². The number of ether oxygens (including phenoxy) is 6. The van der Waals surface area contributed by atoms with E-state index in [4.69, 9.17) is 45.1 Å². The molecule has 1 heterocycles. The van der Waals surface area contributed by atoms with Crippen molar-refractivity contribution in [2.24, 2.45) is 5.92 Å². The summed E-state index contributed by atoms with van der Waals surface area (Å²) in [6.45, 7) is 11.6. The zero-order chi connectivity index (χ0) is 39.2. The van der Waals surface area contributed by atoms with Crippen LogP contribution < -0.4 is 15.1 Å². The van der Waals surface area contributed by atoms with Crippen molar-refractivity contribution in [1.29, 1.82) is 0 Å². The Kier molecular flexibility index (Phi) is 12.5. The van der Waals surface area contributed by atoms with Gasteiger partial charge in [0.2, 0.25) is 0 Å². The van der Waals surface area contributed by atoms with E-state index in [0.717, 1.165) is 11.1 Å². The summed E-state index contributed by atoms with van der Waals surface area (Å²) in [5, 5.41) is 2.06. The van der Waals surface area contributed by atoms with Gasteiger partial charge < -0.3 is 32.8 Å². The molecule has 292 valence electrons. The van der Waals surface area contributed by atoms with Crippen molar-refractivity contribution in [2.45, 2.75) is 89.2 Å². The second kappa shape index (κ2) is 17.5. The maximum atomic E-state index is 7.67. The van der Waals surface area contributed by atoms with Gasteiger partial charge in [-0.25, -0.2) is 0 Å². The molecule has 0 radical (unpaired) electrons. The zero-order valence-electron chi connectivity index (χ0n) is 32.8. The van der Waals surface area contributed by atoms with E-state index in [9.17, 15) is 0 Å². The topological polar surface area (TPSA) is 64.6 Å². The molecule has 0 unspecified atom stereocenters. The van der Waals surface area contributed by atoms with Crippen LogP contribution in [0.4, 0.5) is 0 Å². The van der Waals surface area contributed by atoms with Crippen molar-refractivity contribution in [3.63, 3.8) is 0 Å². The van der Waals surface area contributed by atoms with Gasteiger partial charge in [-0.2, -0.15) is 0 Å². The molecule has 6 atom stereocenters. The van der Waals surface area contributed by atoms with Crippen molar-refractivity contribution < 1.29 is 32.8 Å². The van der Waals surface area contributed by atoms with E-state index in [-0.39, 0.29) is 16.9 Å². The Morgan fingerprint density at radius 3 is 1.52 bits per heavy atom. The van der Waals surface area contributed by atoms with Gasteiger partial charge in [-0.15, -0.1) is 0 Å². The third-order valence-electron chi connectivity index (χ3n) is 10.6. The fourth-order valence-electron chi connectivity index (χ4n) is 8.17. The minimum atomic E-state index is -3.02. The first kappa shape index (κ1) is 40.0. The van der Waals surface area contributed by atoms with E-state index in [1.54, 1.807) is 0 Å². The van der Waals surface area contributed by atoms with Crippen LogP contribution in [0.2, 0.25) is 5.04 Å². The van der Waals surface area contributed by atoms with Gasteiger partial charge in [-0.1, -0.05) is 160 Å². The number of benzene rings is 5. The van der Waals surface area contributed by atoms with E-state index in [2.05, 4.69) is 106 Å². The maximum absolute atomic E-state index is 7.67. The van der Waals surface area contributed by atoms with Crippen LogP contribution in [0.3, 0.4) is 0 Å². The molecule has 0 bridgehead atoms. The maximum Gasteiger partial charge on any atom is 0.358 e. The standard InChI is InChI=1S/C47H52O7SSi/c1-46(2,3)56(37-27-17-9-18-28-37,38-29-19-10-20-30-38)50-33-39-40(48-31-34-21-11-6-12-22-34)42(49-32-35-23-13-7-14-24-35)44-43(53-47(4,5)54-44)41(39)52-45(55)51-36-25-15-8-16-26-36/h6-30,39-44H,31-33H2,1-5H3/t39-,40-,41-,42-,43+,44-/m1/s1. The van der Waals surface area contributed by atoms with E-state index >= 15 is 0 Å². The van der Waals surface area contributed by atoms with Gasteiger partial charge in [-0.05, 0) is 52.5 Å². The Balaban J connectivity index is 1.33. The SMILES string of the molecule is CC1(C)O[C@H]2[C@@H](O1)[C@H](OC(=S)Oc1ccccc1)[C@H](CO[Si](c1ccccc1)(c1ccccc1)C(C)(C)C)[C@@H](OCc1ccccc1)[C@H]2OCc1ccccc1. The van der Waals surface area contributed by atoms with Gasteiger partial charge in [0.15, 0.2) is 5.79 Å². The van der Waals surface area contributed by atoms with Gasteiger partial charge >= 0.3 is 5.24 Å². The molecular formula is C47H52O7SSi. The lowest BCUT2D eigenvalue weighted by Crippen LogP contribution is -2.69. The predicted molar refractivity (Wildman–Crippen MR) is 225 cm³/mol. The summed E-state index contributed by atoms with van der Waals surface area (Å²) in [5.74, 6) is -0.808. The Morgan fingerprint density at radius 2 is 1.04 bits per heavy atom. The summed E-state index contributed by atoms with van der Waals surface area (Å²) in [7, 11) is -3.02. The Hall–Kier alpha value is -4.19. The van der Waals surface area contributed by atoms with Crippen molar-refractivity contribution >= 4 is 36.1 Å². The molecule has 1 saturated heterocycles. The lowest BCUT2D eigenvalue weighted by atomic mass is 9.78. The molecule has 7 nitrogen and oxygen atoms in total. The van der Waals surface area contributed by atoms with Gasteiger partial charge in [0.05, 0.1) is 19.3 Å². The lowest BCUT2D eigenvalue weighted by molar-refractivity contribution is -0.212. The van der Waals surface area contributed by atoms with Crippen LogP contribution in [0.15, 0.2) is 152 Å². The van der Waals surface area contributed by atoms with Crippen LogP contribution in [0.5, 0.6) is 5.75 Å². The molecule has 5 aromatic rings. The molecule has 1 aliphatic heterocycles. The summed E-state index contributed by atoms with van der Waals surface area (Å²) >= 11 is 5.84. The molecule has 7 rings (SSSR count). The third-order valence-corrected chi connectivity index (χ3v) is 15.8. The van der Waals surface area contributed by atoms with Crippen LogP contribution in [0.1, 0.15) is 45.7 Å². The highest BCUT2D eigenvalue weighted by Gasteiger charge is 2.61. The number of rotatable bonds is 13. The van der Waals surface area contributed by atoms with Crippen molar-refractivity contribution in [1.82, 2.24) is 0 Å². The summed E-state index contributed by atoms with van der Waals surface area (Å²) < 4.78 is 48.0. The third kappa shape index (κ3) is 9.00. The van der Waals surface area contributed by atoms with E-state index in [1.165, 1.54) is 10.4 Å². The lowest BCUT2D eigenvalue weighted by Gasteiger charge is -2.49. The van der Waals surface area contributed by atoms with Crippen molar-refractivity contribution in [3.05, 3.63) is 163 Å². The molecule has 2 fully saturated rings. The van der Waals surface area contributed by atoms with Crippen LogP contribution in [0.25, 0.3) is 0 Å². The summed E-state index contributed by atoms with van der Waals surface area (Å²) in [4.78, 5) is 0. The van der Waals surface area contributed by atoms with E-state index in [0.29, 0.717) is 19.0 Å².